The molecule has 118 valence electrons. The van der Waals surface area contributed by atoms with Crippen LogP contribution in [0.25, 0.3) is 0 Å². The van der Waals surface area contributed by atoms with Gasteiger partial charge in [0.1, 0.15) is 36.2 Å². The Morgan fingerprint density at radius 3 is 2.62 bits per heavy atom. The fraction of sp³-hybridized carbons (Fsp3) is 0.636. The second-order valence-corrected chi connectivity index (χ2v) is 4.57. The van der Waals surface area contributed by atoms with Crippen LogP contribution < -0.4 is 5.32 Å². The number of alkyl halides is 3. The minimum atomic E-state index is -4.61. The number of nitrogens with zero attached hydrogens (tertiary/aromatic N) is 2. The van der Waals surface area contributed by atoms with Gasteiger partial charge in [0.15, 0.2) is 0 Å². The van der Waals surface area contributed by atoms with Gasteiger partial charge in [-0.1, -0.05) is 0 Å². The fourth-order valence-corrected chi connectivity index (χ4v) is 1.95. The van der Waals surface area contributed by atoms with Crippen molar-refractivity contribution in [2.75, 3.05) is 18.5 Å². The molecule has 0 spiro atoms. The lowest BCUT2D eigenvalue weighted by atomic mass is 9.98. The van der Waals surface area contributed by atoms with Crippen LogP contribution in [0.3, 0.4) is 0 Å². The van der Waals surface area contributed by atoms with Gasteiger partial charge >= 0.3 is 6.18 Å². The minimum absolute atomic E-state index is 0.102. The van der Waals surface area contributed by atoms with E-state index in [2.05, 4.69) is 15.3 Å². The summed E-state index contributed by atoms with van der Waals surface area (Å²) >= 11 is 0. The SMILES string of the molecule is OC[C@H]1OC[C@H](Nc2cc(C(F)(F)F)ncn2)[C@@H](O)[C@H]1O. The molecule has 1 aromatic rings. The van der Waals surface area contributed by atoms with Gasteiger partial charge in [-0.25, -0.2) is 9.97 Å². The Morgan fingerprint density at radius 1 is 1.29 bits per heavy atom. The molecule has 0 unspecified atom stereocenters. The Labute approximate surface area is 117 Å². The van der Waals surface area contributed by atoms with E-state index in [-0.39, 0.29) is 12.4 Å². The molecule has 2 rings (SSSR count). The number of hydrogen-bond donors (Lipinski definition) is 4. The summed E-state index contributed by atoms with van der Waals surface area (Å²) in [4.78, 5) is 6.74. The number of aliphatic hydroxyl groups is 3. The molecule has 0 aromatic carbocycles. The standard InChI is InChI=1S/C11H14F3N3O4/c12-11(13,14)7-1-8(16-4-15-7)17-5-3-21-6(2-18)10(20)9(5)19/h1,4-6,9-10,18-20H,2-3H2,(H,15,16,17)/t5-,6+,9+,10-/m0/s1. The lowest BCUT2D eigenvalue weighted by Gasteiger charge is -2.37. The first-order valence-corrected chi connectivity index (χ1v) is 6.07. The molecule has 1 aliphatic heterocycles. The van der Waals surface area contributed by atoms with Crippen LogP contribution in [0.2, 0.25) is 0 Å². The van der Waals surface area contributed by atoms with Crippen LogP contribution in [0.1, 0.15) is 5.69 Å². The normalized spacial score (nSPS) is 30.2. The molecule has 0 amide bonds. The summed E-state index contributed by atoms with van der Waals surface area (Å²) in [6.07, 6.45) is -7.48. The minimum Gasteiger partial charge on any atom is -0.394 e. The summed E-state index contributed by atoms with van der Waals surface area (Å²) in [5.74, 6) is -0.153. The third-order valence-electron chi connectivity index (χ3n) is 3.10. The number of ether oxygens (including phenoxy) is 1. The molecule has 4 N–H and O–H groups in total. The van der Waals surface area contributed by atoms with Gasteiger partial charge in [-0.3, -0.25) is 0 Å². The van der Waals surface area contributed by atoms with Crippen molar-refractivity contribution < 1.29 is 33.2 Å². The maximum Gasteiger partial charge on any atom is 0.433 e. The second kappa shape index (κ2) is 6.10. The van der Waals surface area contributed by atoms with Gasteiger partial charge in [-0.2, -0.15) is 13.2 Å². The number of rotatable bonds is 3. The lowest BCUT2D eigenvalue weighted by Crippen LogP contribution is -2.56. The fourth-order valence-electron chi connectivity index (χ4n) is 1.95. The van der Waals surface area contributed by atoms with E-state index in [0.29, 0.717) is 6.07 Å². The molecule has 21 heavy (non-hydrogen) atoms. The maximum atomic E-state index is 12.5. The molecule has 0 aliphatic carbocycles. The van der Waals surface area contributed by atoms with E-state index < -0.39 is 42.8 Å². The molecule has 10 heteroatoms. The quantitative estimate of drug-likeness (QED) is 0.590. The average Bonchev–Trinajstić information content (AvgIpc) is 2.44. The van der Waals surface area contributed by atoms with Crippen molar-refractivity contribution in [2.24, 2.45) is 0 Å². The van der Waals surface area contributed by atoms with E-state index >= 15 is 0 Å². The molecule has 0 saturated carbocycles. The van der Waals surface area contributed by atoms with Gasteiger partial charge in [0, 0.05) is 6.07 Å². The van der Waals surface area contributed by atoms with Crippen LogP contribution in [0.15, 0.2) is 12.4 Å². The highest BCUT2D eigenvalue weighted by atomic mass is 19.4. The van der Waals surface area contributed by atoms with E-state index in [1.54, 1.807) is 0 Å². The zero-order valence-corrected chi connectivity index (χ0v) is 10.7. The van der Waals surface area contributed by atoms with Crippen molar-refractivity contribution in [1.29, 1.82) is 0 Å². The van der Waals surface area contributed by atoms with Gasteiger partial charge in [0.05, 0.1) is 19.3 Å². The largest absolute Gasteiger partial charge is 0.433 e. The first-order chi connectivity index (χ1) is 9.82. The van der Waals surface area contributed by atoms with E-state index in [1.165, 1.54) is 0 Å². The molecule has 7 nitrogen and oxygen atoms in total. The van der Waals surface area contributed by atoms with E-state index in [4.69, 9.17) is 9.84 Å². The average molecular weight is 309 g/mol. The molecule has 4 atom stereocenters. The molecule has 1 saturated heterocycles. The predicted molar refractivity (Wildman–Crippen MR) is 63.3 cm³/mol. The highest BCUT2D eigenvalue weighted by Gasteiger charge is 2.38. The monoisotopic (exact) mass is 309 g/mol. The summed E-state index contributed by atoms with van der Waals surface area (Å²) in [6, 6.07) is -0.171. The molecule has 1 aromatic heterocycles. The predicted octanol–water partition coefficient (Wildman–Crippen LogP) is -0.611. The first kappa shape index (κ1) is 15.9. The van der Waals surface area contributed by atoms with Crippen LogP contribution >= 0.6 is 0 Å². The Balaban J connectivity index is 2.08. The van der Waals surface area contributed by atoms with E-state index in [1.807, 2.05) is 0 Å². The van der Waals surface area contributed by atoms with Crippen LogP contribution in [-0.4, -0.2) is 62.9 Å². The zero-order valence-electron chi connectivity index (χ0n) is 10.7. The lowest BCUT2D eigenvalue weighted by molar-refractivity contribution is -0.152. The smallest absolute Gasteiger partial charge is 0.394 e. The highest BCUT2D eigenvalue weighted by molar-refractivity contribution is 5.37. The van der Waals surface area contributed by atoms with Crippen molar-refractivity contribution in [3.63, 3.8) is 0 Å². The topological polar surface area (TPSA) is 108 Å². The Kier molecular flexibility index (Phi) is 4.61. The second-order valence-electron chi connectivity index (χ2n) is 4.57. The van der Waals surface area contributed by atoms with Crippen LogP contribution in [0.4, 0.5) is 19.0 Å². The summed E-state index contributed by atoms with van der Waals surface area (Å²) in [7, 11) is 0. The van der Waals surface area contributed by atoms with Gasteiger partial charge < -0.3 is 25.4 Å². The third-order valence-corrected chi connectivity index (χ3v) is 3.10. The summed E-state index contributed by atoms with van der Waals surface area (Å²) in [5, 5.41) is 31.0. The molecular formula is C11H14F3N3O4. The number of hydrogen-bond acceptors (Lipinski definition) is 7. The summed E-state index contributed by atoms with van der Waals surface area (Å²) in [5.41, 5.74) is -1.12. The van der Waals surface area contributed by atoms with Crippen LogP contribution in [-0.2, 0) is 10.9 Å². The Hall–Kier alpha value is -1.49. The summed E-state index contributed by atoms with van der Waals surface area (Å²) < 4.78 is 42.7. The Bertz CT molecular complexity index is 488. The van der Waals surface area contributed by atoms with Crippen LogP contribution in [0.5, 0.6) is 0 Å². The molecular weight excluding hydrogens is 295 g/mol. The first-order valence-electron chi connectivity index (χ1n) is 6.07. The molecule has 1 aliphatic rings. The number of nitrogens with one attached hydrogen (secondary N) is 1. The molecule has 0 radical (unpaired) electrons. The summed E-state index contributed by atoms with van der Waals surface area (Å²) in [6.45, 7) is -0.578. The third kappa shape index (κ3) is 3.59. The van der Waals surface area contributed by atoms with Crippen molar-refractivity contribution in [3.8, 4) is 0 Å². The Morgan fingerprint density at radius 2 is 2.00 bits per heavy atom. The van der Waals surface area contributed by atoms with Gasteiger partial charge in [0.25, 0.3) is 0 Å². The van der Waals surface area contributed by atoms with Crippen molar-refractivity contribution in [2.45, 2.75) is 30.5 Å². The maximum absolute atomic E-state index is 12.5. The number of halogens is 3. The van der Waals surface area contributed by atoms with E-state index in [0.717, 1.165) is 6.33 Å². The number of aliphatic hydroxyl groups excluding tert-OH is 3. The van der Waals surface area contributed by atoms with Crippen molar-refractivity contribution in [3.05, 3.63) is 18.1 Å². The van der Waals surface area contributed by atoms with Crippen LogP contribution in [0, 0.1) is 0 Å². The molecule has 0 bridgehead atoms. The number of aromatic nitrogens is 2. The molecule has 2 heterocycles. The van der Waals surface area contributed by atoms with Gasteiger partial charge in [0.2, 0.25) is 0 Å². The van der Waals surface area contributed by atoms with Gasteiger partial charge in [-0.15, -0.1) is 0 Å². The van der Waals surface area contributed by atoms with Crippen molar-refractivity contribution >= 4 is 5.82 Å². The van der Waals surface area contributed by atoms with Gasteiger partial charge in [-0.05, 0) is 0 Å². The number of anilines is 1. The highest BCUT2D eigenvalue weighted by Crippen LogP contribution is 2.28. The van der Waals surface area contributed by atoms with E-state index in [9.17, 15) is 23.4 Å². The van der Waals surface area contributed by atoms with Crippen molar-refractivity contribution in [1.82, 2.24) is 9.97 Å². The molecule has 1 fully saturated rings. The zero-order chi connectivity index (χ0) is 15.6.